The smallest absolute Gasteiger partial charge is 0.526 e. The highest BCUT2D eigenvalue weighted by Gasteiger charge is 2.42. The number of para-hydroxylation sites is 1. The number of hydrogen-bond acceptors (Lipinski definition) is 8. The number of nitrogens with zero attached hydrogens (tertiary/aromatic N) is 1. The average Bonchev–Trinajstić information content (AvgIpc) is 2.71. The third-order valence-electron chi connectivity index (χ3n) is 4.83. The number of halogens is 2. The number of carbonyl (C=O) groups is 4. The molecule has 0 saturated heterocycles. The quantitative estimate of drug-likeness (QED) is 0.339. The van der Waals surface area contributed by atoms with Crippen molar-refractivity contribution in [3.63, 3.8) is 0 Å². The number of benzene rings is 1. The average molecular weight is 455 g/mol. The summed E-state index contributed by atoms with van der Waals surface area (Å²) in [5.74, 6) is -7.64. The fourth-order valence-corrected chi connectivity index (χ4v) is 2.97. The SMILES string of the molecule is CN(C)C(=O)CCC(=O)OCOC(=O)c1cccc2c1OB(O)[C@@H](CC(=O)C(C)(F)F)C2. The molecule has 2 rings (SSSR count). The first kappa shape index (κ1) is 25.2. The number of ether oxygens (including phenoxy) is 2. The Labute approximate surface area is 183 Å². The summed E-state index contributed by atoms with van der Waals surface area (Å²) in [6.45, 7) is -0.205. The number of fused-ring (bicyclic) bond motifs is 1. The molecular formula is C20H24BF2NO8. The molecule has 1 aromatic rings. The highest BCUT2D eigenvalue weighted by atomic mass is 19.3. The second-order valence-corrected chi connectivity index (χ2v) is 7.64. The van der Waals surface area contributed by atoms with Crippen LogP contribution < -0.4 is 4.65 Å². The lowest BCUT2D eigenvalue weighted by Gasteiger charge is -2.28. The van der Waals surface area contributed by atoms with Crippen molar-refractivity contribution in [2.75, 3.05) is 20.9 Å². The molecule has 9 nitrogen and oxygen atoms in total. The fraction of sp³-hybridized carbons (Fsp3) is 0.500. The minimum Gasteiger partial charge on any atom is -0.535 e. The second kappa shape index (κ2) is 10.5. The van der Waals surface area contributed by atoms with Crippen LogP contribution >= 0.6 is 0 Å². The molecule has 1 aliphatic rings. The first-order valence-corrected chi connectivity index (χ1v) is 9.80. The van der Waals surface area contributed by atoms with Gasteiger partial charge in [0.2, 0.25) is 18.5 Å². The Morgan fingerprint density at radius 3 is 2.53 bits per heavy atom. The van der Waals surface area contributed by atoms with Crippen LogP contribution in [-0.4, -0.2) is 67.5 Å². The lowest BCUT2D eigenvalue weighted by Crippen LogP contribution is -2.38. The molecular weight excluding hydrogens is 431 g/mol. The zero-order valence-electron chi connectivity index (χ0n) is 17.9. The van der Waals surface area contributed by atoms with Crippen molar-refractivity contribution >= 4 is 30.7 Å². The van der Waals surface area contributed by atoms with Gasteiger partial charge in [0.25, 0.3) is 0 Å². The molecule has 0 spiro atoms. The summed E-state index contributed by atoms with van der Waals surface area (Å²) in [5.41, 5.74) is 0.368. The van der Waals surface area contributed by atoms with E-state index in [2.05, 4.69) is 0 Å². The molecule has 0 fully saturated rings. The van der Waals surface area contributed by atoms with Gasteiger partial charge in [-0.3, -0.25) is 14.4 Å². The molecule has 1 amide bonds. The van der Waals surface area contributed by atoms with Gasteiger partial charge in [-0.1, -0.05) is 12.1 Å². The summed E-state index contributed by atoms with van der Waals surface area (Å²) >= 11 is 0. The van der Waals surface area contributed by atoms with Crippen LogP contribution in [0.5, 0.6) is 5.75 Å². The van der Waals surface area contributed by atoms with Gasteiger partial charge in [0.05, 0.1) is 6.42 Å². The Hall–Kier alpha value is -3.02. The first-order valence-electron chi connectivity index (χ1n) is 9.80. The van der Waals surface area contributed by atoms with Crippen LogP contribution in [0, 0.1) is 0 Å². The summed E-state index contributed by atoms with van der Waals surface area (Å²) in [5, 5.41) is 10.2. The van der Waals surface area contributed by atoms with Crippen LogP contribution in [0.3, 0.4) is 0 Å². The maximum Gasteiger partial charge on any atom is 0.526 e. The molecule has 0 unspecified atom stereocenters. The van der Waals surface area contributed by atoms with E-state index in [0.717, 1.165) is 0 Å². The van der Waals surface area contributed by atoms with Gasteiger partial charge in [-0.25, -0.2) is 4.79 Å². The summed E-state index contributed by atoms with van der Waals surface area (Å²) in [6.07, 6.45) is -0.785. The molecule has 1 N–H and O–H groups in total. The topological polar surface area (TPSA) is 119 Å². The van der Waals surface area contributed by atoms with E-state index in [0.29, 0.717) is 12.5 Å². The van der Waals surface area contributed by atoms with Gasteiger partial charge in [0.1, 0.15) is 11.3 Å². The van der Waals surface area contributed by atoms with Crippen LogP contribution in [0.4, 0.5) is 8.78 Å². The molecule has 1 aromatic carbocycles. The number of hydrogen-bond donors (Lipinski definition) is 1. The van der Waals surface area contributed by atoms with Crippen molar-refractivity contribution in [1.29, 1.82) is 0 Å². The molecule has 0 aliphatic carbocycles. The number of esters is 2. The second-order valence-electron chi connectivity index (χ2n) is 7.64. The number of alkyl halides is 2. The third kappa shape index (κ3) is 6.74. The summed E-state index contributed by atoms with van der Waals surface area (Å²) < 4.78 is 41.4. The van der Waals surface area contributed by atoms with E-state index in [1.807, 2.05) is 0 Å². The Morgan fingerprint density at radius 2 is 1.91 bits per heavy atom. The van der Waals surface area contributed by atoms with E-state index in [1.165, 1.54) is 17.0 Å². The molecule has 0 aromatic heterocycles. The molecule has 32 heavy (non-hydrogen) atoms. The number of Topliss-reactive ketones (excluding diaryl/α,β-unsaturated/α-hetero) is 1. The molecule has 12 heteroatoms. The van der Waals surface area contributed by atoms with Gasteiger partial charge in [-0.15, -0.1) is 0 Å². The number of amides is 1. The van der Waals surface area contributed by atoms with Crippen LogP contribution in [0.15, 0.2) is 18.2 Å². The monoisotopic (exact) mass is 455 g/mol. The predicted octanol–water partition coefficient (Wildman–Crippen LogP) is 1.61. The van der Waals surface area contributed by atoms with Crippen LogP contribution in [0.25, 0.3) is 0 Å². The van der Waals surface area contributed by atoms with Crippen LogP contribution in [0.2, 0.25) is 5.82 Å². The van der Waals surface area contributed by atoms with E-state index in [-0.39, 0.29) is 36.5 Å². The Morgan fingerprint density at radius 1 is 1.22 bits per heavy atom. The van der Waals surface area contributed by atoms with E-state index in [4.69, 9.17) is 14.1 Å². The van der Waals surface area contributed by atoms with Crippen molar-refractivity contribution in [2.24, 2.45) is 0 Å². The molecule has 174 valence electrons. The lowest BCUT2D eigenvalue weighted by atomic mass is 9.64. The number of ketones is 1. The highest BCUT2D eigenvalue weighted by Crippen LogP contribution is 2.37. The minimum absolute atomic E-state index is 0.000126. The lowest BCUT2D eigenvalue weighted by molar-refractivity contribution is -0.153. The van der Waals surface area contributed by atoms with Gasteiger partial charge in [-0.2, -0.15) is 8.78 Å². The normalized spacial score (nSPS) is 15.3. The maximum atomic E-state index is 13.2. The van der Waals surface area contributed by atoms with Crippen LogP contribution in [0.1, 0.15) is 42.1 Å². The zero-order chi connectivity index (χ0) is 24.1. The van der Waals surface area contributed by atoms with Gasteiger partial charge in [0, 0.05) is 39.7 Å². The van der Waals surface area contributed by atoms with Crippen molar-refractivity contribution < 1.29 is 47.1 Å². The van der Waals surface area contributed by atoms with E-state index in [9.17, 15) is 33.0 Å². The van der Waals surface area contributed by atoms with E-state index < -0.39 is 49.8 Å². The first-order chi connectivity index (χ1) is 14.9. The Balaban J connectivity index is 1.95. The summed E-state index contributed by atoms with van der Waals surface area (Å²) in [6, 6.07) is 4.43. The Bertz CT molecular complexity index is 887. The van der Waals surface area contributed by atoms with Crippen molar-refractivity contribution in [2.45, 2.75) is 44.3 Å². The molecule has 0 saturated carbocycles. The van der Waals surface area contributed by atoms with E-state index >= 15 is 0 Å². The zero-order valence-corrected chi connectivity index (χ0v) is 17.9. The van der Waals surface area contributed by atoms with E-state index in [1.54, 1.807) is 20.2 Å². The van der Waals surface area contributed by atoms with Gasteiger partial charge in [-0.05, 0) is 18.1 Å². The Kier molecular flexibility index (Phi) is 8.31. The van der Waals surface area contributed by atoms with Gasteiger partial charge in [0.15, 0.2) is 0 Å². The molecule has 1 aliphatic heterocycles. The van der Waals surface area contributed by atoms with Crippen molar-refractivity contribution in [1.82, 2.24) is 4.90 Å². The number of carbonyl (C=O) groups excluding carboxylic acids is 4. The summed E-state index contributed by atoms with van der Waals surface area (Å²) in [4.78, 5) is 48.4. The molecule has 1 heterocycles. The molecule has 0 bridgehead atoms. The fourth-order valence-electron chi connectivity index (χ4n) is 2.97. The number of rotatable bonds is 9. The largest absolute Gasteiger partial charge is 0.535 e. The van der Waals surface area contributed by atoms with Crippen LogP contribution in [-0.2, 0) is 30.3 Å². The van der Waals surface area contributed by atoms with Crippen molar-refractivity contribution in [3.8, 4) is 5.75 Å². The highest BCUT2D eigenvalue weighted by molar-refractivity contribution is 6.47. The molecule has 0 radical (unpaired) electrons. The predicted molar refractivity (Wildman–Crippen MR) is 107 cm³/mol. The maximum absolute atomic E-state index is 13.2. The van der Waals surface area contributed by atoms with Crippen molar-refractivity contribution in [3.05, 3.63) is 29.3 Å². The molecule has 1 atom stereocenters. The van der Waals surface area contributed by atoms with Gasteiger partial charge >= 0.3 is 25.0 Å². The third-order valence-corrected chi connectivity index (χ3v) is 4.83. The minimum atomic E-state index is -3.52. The summed E-state index contributed by atoms with van der Waals surface area (Å²) in [7, 11) is 1.53. The van der Waals surface area contributed by atoms with Gasteiger partial charge < -0.3 is 24.1 Å². The standard InChI is InChI=1S/C20H24BF2NO8/c1-20(22,23)15(25)10-13-9-12-5-4-6-14(18(12)32-21(13)29)19(28)31-11-30-17(27)8-7-16(26)24(2)3/h4-6,13,29H,7-11H2,1-3H3/t13-/m1/s1.